The number of benzene rings is 1. The Morgan fingerprint density at radius 3 is 2.71 bits per heavy atom. The smallest absolute Gasteiger partial charge is 0.358 e. The van der Waals surface area contributed by atoms with Crippen LogP contribution in [0, 0.1) is 6.07 Å². The van der Waals surface area contributed by atoms with Crippen molar-refractivity contribution in [2.75, 3.05) is 6.61 Å². The van der Waals surface area contributed by atoms with E-state index in [9.17, 15) is 0 Å². The van der Waals surface area contributed by atoms with Crippen LogP contribution in [0.25, 0.3) is 0 Å². The molecule has 0 saturated heterocycles. The van der Waals surface area contributed by atoms with Crippen molar-refractivity contribution >= 4 is 5.71 Å². The first-order valence-electron chi connectivity index (χ1n) is 4.37. The largest absolute Gasteiger partial charge is 1.00 e. The Morgan fingerprint density at radius 1 is 1.43 bits per heavy atom. The molecule has 0 radical (unpaired) electrons. The Hall–Kier alpha value is -0.553. The van der Waals surface area contributed by atoms with Gasteiger partial charge >= 0.3 is 18.9 Å². The Labute approximate surface area is 96.6 Å². The quantitative estimate of drug-likeness (QED) is 0.404. The van der Waals surface area contributed by atoms with E-state index >= 15 is 0 Å². The normalized spacial score (nSPS) is 18.6. The summed E-state index contributed by atoms with van der Waals surface area (Å²) in [7, 11) is 0. The Kier molecular flexibility index (Phi) is 3.55. The molecule has 1 aromatic rings. The summed E-state index contributed by atoms with van der Waals surface area (Å²) < 4.78 is 5.48. The van der Waals surface area contributed by atoms with Crippen LogP contribution in [0.3, 0.4) is 0 Å². The van der Waals surface area contributed by atoms with Gasteiger partial charge in [-0.15, -0.1) is 35.9 Å². The van der Waals surface area contributed by atoms with Gasteiger partial charge in [0.1, 0.15) is 5.72 Å². The second-order valence-electron chi connectivity index (χ2n) is 3.57. The SMILES string of the molecule is CC1(C)N=C(c2[c-]cccc2)CO1.[Li+]. The van der Waals surface area contributed by atoms with Crippen LogP contribution in [0.1, 0.15) is 19.4 Å². The van der Waals surface area contributed by atoms with Gasteiger partial charge < -0.3 is 9.73 Å². The summed E-state index contributed by atoms with van der Waals surface area (Å²) in [5.74, 6) is 0. The molecule has 14 heavy (non-hydrogen) atoms. The molecule has 0 aliphatic carbocycles. The van der Waals surface area contributed by atoms with Crippen LogP contribution in [-0.2, 0) is 4.74 Å². The summed E-state index contributed by atoms with van der Waals surface area (Å²) in [6.07, 6.45) is 0. The van der Waals surface area contributed by atoms with E-state index in [-0.39, 0.29) is 24.6 Å². The van der Waals surface area contributed by atoms with E-state index in [0.717, 1.165) is 11.3 Å². The molecule has 0 unspecified atom stereocenters. The van der Waals surface area contributed by atoms with Crippen LogP contribution in [0.4, 0.5) is 0 Å². The van der Waals surface area contributed by atoms with Gasteiger partial charge in [0.25, 0.3) is 0 Å². The Bertz CT molecular complexity index is 332. The molecule has 0 bridgehead atoms. The van der Waals surface area contributed by atoms with E-state index in [1.54, 1.807) is 0 Å². The van der Waals surface area contributed by atoms with E-state index in [2.05, 4.69) is 11.1 Å². The first kappa shape index (κ1) is 11.5. The van der Waals surface area contributed by atoms with Crippen LogP contribution < -0.4 is 18.9 Å². The summed E-state index contributed by atoms with van der Waals surface area (Å²) in [5, 5.41) is 0. The molecule has 0 spiro atoms. The Balaban J connectivity index is 0.000000980. The first-order valence-corrected chi connectivity index (χ1v) is 4.37. The van der Waals surface area contributed by atoms with Crippen molar-refractivity contribution < 1.29 is 23.6 Å². The van der Waals surface area contributed by atoms with E-state index < -0.39 is 0 Å². The second-order valence-corrected chi connectivity index (χ2v) is 3.57. The first-order chi connectivity index (χ1) is 6.17. The predicted molar refractivity (Wildman–Crippen MR) is 51.8 cm³/mol. The summed E-state index contributed by atoms with van der Waals surface area (Å²) in [4.78, 5) is 4.45. The summed E-state index contributed by atoms with van der Waals surface area (Å²) in [6, 6.07) is 11.0. The maximum Gasteiger partial charge on any atom is 1.00 e. The topological polar surface area (TPSA) is 21.6 Å². The molecule has 0 fully saturated rings. The molecule has 0 amide bonds. The van der Waals surface area contributed by atoms with Crippen LogP contribution in [-0.4, -0.2) is 18.0 Å². The van der Waals surface area contributed by atoms with Crippen molar-refractivity contribution in [1.82, 2.24) is 0 Å². The van der Waals surface area contributed by atoms with Gasteiger partial charge in [-0.2, -0.15) is 0 Å². The van der Waals surface area contributed by atoms with Gasteiger partial charge in [0.05, 0.1) is 6.61 Å². The third kappa shape index (κ3) is 2.48. The minimum Gasteiger partial charge on any atom is -0.358 e. The fourth-order valence-electron chi connectivity index (χ4n) is 1.35. The van der Waals surface area contributed by atoms with Crippen LogP contribution in [0.15, 0.2) is 29.3 Å². The number of hydrogen-bond donors (Lipinski definition) is 0. The molecule has 1 aromatic carbocycles. The minimum atomic E-state index is -0.362. The molecule has 1 aliphatic heterocycles. The molecule has 0 N–H and O–H groups in total. The fraction of sp³-hybridized carbons (Fsp3) is 0.364. The zero-order valence-corrected chi connectivity index (χ0v) is 8.87. The number of aliphatic imine (C=N–C) groups is 1. The van der Waals surface area contributed by atoms with Crippen LogP contribution in [0.5, 0.6) is 0 Å². The average molecular weight is 181 g/mol. The molecular formula is C11H12LiNO. The molecule has 1 aliphatic rings. The number of hydrogen-bond acceptors (Lipinski definition) is 2. The predicted octanol–water partition coefficient (Wildman–Crippen LogP) is -0.954. The van der Waals surface area contributed by atoms with Crippen molar-refractivity contribution in [2.24, 2.45) is 4.99 Å². The van der Waals surface area contributed by atoms with Gasteiger partial charge in [0.15, 0.2) is 0 Å². The van der Waals surface area contributed by atoms with Crippen molar-refractivity contribution in [3.8, 4) is 0 Å². The number of rotatable bonds is 1. The fourth-order valence-corrected chi connectivity index (χ4v) is 1.35. The summed E-state index contributed by atoms with van der Waals surface area (Å²) >= 11 is 0. The summed E-state index contributed by atoms with van der Waals surface area (Å²) in [5.41, 5.74) is 1.66. The second kappa shape index (κ2) is 4.31. The summed E-state index contributed by atoms with van der Waals surface area (Å²) in [6.45, 7) is 4.51. The van der Waals surface area contributed by atoms with Crippen molar-refractivity contribution in [3.05, 3.63) is 35.9 Å². The van der Waals surface area contributed by atoms with E-state index in [4.69, 9.17) is 4.74 Å². The maximum atomic E-state index is 5.48. The van der Waals surface area contributed by atoms with Gasteiger partial charge in [-0.25, -0.2) is 0 Å². The van der Waals surface area contributed by atoms with Gasteiger partial charge in [-0.1, -0.05) is 0 Å². The van der Waals surface area contributed by atoms with Crippen LogP contribution >= 0.6 is 0 Å². The van der Waals surface area contributed by atoms with E-state index in [1.165, 1.54) is 0 Å². The van der Waals surface area contributed by atoms with Gasteiger partial charge in [-0.05, 0) is 19.6 Å². The minimum absolute atomic E-state index is 0. The van der Waals surface area contributed by atoms with Gasteiger partial charge in [-0.3, -0.25) is 0 Å². The number of nitrogens with zero attached hydrogens (tertiary/aromatic N) is 1. The van der Waals surface area contributed by atoms with E-state index in [1.807, 2.05) is 38.1 Å². The van der Waals surface area contributed by atoms with Crippen LogP contribution in [0.2, 0.25) is 0 Å². The molecule has 1 heterocycles. The monoisotopic (exact) mass is 181 g/mol. The van der Waals surface area contributed by atoms with Crippen molar-refractivity contribution in [1.29, 1.82) is 0 Å². The van der Waals surface area contributed by atoms with Crippen molar-refractivity contribution in [2.45, 2.75) is 19.6 Å². The number of ether oxygens (including phenoxy) is 1. The van der Waals surface area contributed by atoms with E-state index in [0.29, 0.717) is 6.61 Å². The van der Waals surface area contributed by atoms with Gasteiger partial charge in [0, 0.05) is 0 Å². The zero-order chi connectivity index (χ0) is 9.31. The molecule has 0 atom stereocenters. The Morgan fingerprint density at radius 2 is 2.21 bits per heavy atom. The third-order valence-corrected chi connectivity index (χ3v) is 1.99. The third-order valence-electron chi connectivity index (χ3n) is 1.99. The molecule has 0 aromatic heterocycles. The average Bonchev–Trinajstić information content (AvgIpc) is 2.48. The molecule has 2 nitrogen and oxygen atoms in total. The zero-order valence-electron chi connectivity index (χ0n) is 8.87. The molecule has 68 valence electrons. The molecule has 3 heteroatoms. The van der Waals surface area contributed by atoms with Crippen molar-refractivity contribution in [3.63, 3.8) is 0 Å². The molecular weight excluding hydrogens is 169 g/mol. The van der Waals surface area contributed by atoms with Gasteiger partial charge in [0.2, 0.25) is 0 Å². The maximum absolute atomic E-state index is 5.48. The standard InChI is InChI=1S/C11H12NO.Li/c1-11(2)12-10(8-13-11)9-6-4-3-5-7-9;/h3-6H,8H2,1-2H3;/q-1;+1. The molecule has 2 rings (SSSR count). The molecule has 0 saturated carbocycles.